The zero-order valence-corrected chi connectivity index (χ0v) is 15.5. The Morgan fingerprint density at radius 2 is 1.83 bits per heavy atom. The maximum absolute atomic E-state index is 12.9. The molecule has 0 radical (unpaired) electrons. The number of hydrogen-bond donors (Lipinski definition) is 1. The summed E-state index contributed by atoms with van der Waals surface area (Å²) in [6.45, 7) is 0. The third-order valence-corrected chi connectivity index (χ3v) is 5.55. The summed E-state index contributed by atoms with van der Waals surface area (Å²) in [7, 11) is 0. The smallest absolute Gasteiger partial charge is 0.295 e. The van der Waals surface area contributed by atoms with Gasteiger partial charge in [0.15, 0.2) is 0 Å². The summed E-state index contributed by atoms with van der Waals surface area (Å²) in [5.74, 6) is -1.83. The van der Waals surface area contributed by atoms with Crippen LogP contribution < -0.4 is 0 Å². The number of nitro benzene ring substituents is 1. The summed E-state index contributed by atoms with van der Waals surface area (Å²) in [4.78, 5) is 41.9. The fourth-order valence-electron chi connectivity index (χ4n) is 4.20. The number of benzene rings is 1. The van der Waals surface area contributed by atoms with Crippen LogP contribution in [0.3, 0.4) is 0 Å². The number of aliphatic hydroxyl groups excluding tert-OH is 1. The van der Waals surface area contributed by atoms with Gasteiger partial charge in [-0.25, -0.2) is 0 Å². The molecule has 1 saturated heterocycles. The number of non-ortho nitro benzene ring substituents is 1. The van der Waals surface area contributed by atoms with Gasteiger partial charge in [0.25, 0.3) is 17.4 Å². The Morgan fingerprint density at radius 3 is 2.48 bits per heavy atom. The van der Waals surface area contributed by atoms with Crippen LogP contribution in [0.1, 0.15) is 42.9 Å². The molecule has 1 aliphatic carbocycles. The molecule has 2 heterocycles. The number of aromatic nitrogens is 1. The number of amides is 1. The van der Waals surface area contributed by atoms with Crippen molar-refractivity contribution in [2.24, 2.45) is 0 Å². The molecule has 2 aromatic rings. The second-order valence-corrected chi connectivity index (χ2v) is 7.23. The van der Waals surface area contributed by atoms with E-state index in [2.05, 4.69) is 4.98 Å². The van der Waals surface area contributed by atoms with Crippen LogP contribution in [-0.2, 0) is 9.59 Å². The van der Waals surface area contributed by atoms with Crippen molar-refractivity contribution < 1.29 is 19.6 Å². The number of nitrogens with zero attached hydrogens (tertiary/aromatic N) is 3. The molecular weight excluding hydrogens is 374 g/mol. The first-order valence-corrected chi connectivity index (χ1v) is 9.44. The summed E-state index contributed by atoms with van der Waals surface area (Å²) in [6, 6.07) is 7.99. The van der Waals surface area contributed by atoms with Gasteiger partial charge < -0.3 is 10.0 Å². The Bertz CT molecular complexity index is 1010. The summed E-state index contributed by atoms with van der Waals surface area (Å²) in [5.41, 5.74) is 0.536. The highest BCUT2D eigenvalue weighted by atomic mass is 16.6. The third kappa shape index (κ3) is 3.26. The predicted octanol–water partition coefficient (Wildman–Crippen LogP) is 3.35. The van der Waals surface area contributed by atoms with Crippen LogP contribution in [0.4, 0.5) is 5.69 Å². The minimum absolute atomic E-state index is 0.0476. The van der Waals surface area contributed by atoms with Crippen LogP contribution in [0.15, 0.2) is 54.4 Å². The van der Waals surface area contributed by atoms with Gasteiger partial charge in [-0.3, -0.25) is 24.7 Å². The Balaban J connectivity index is 1.88. The minimum Gasteiger partial charge on any atom is -0.507 e. The van der Waals surface area contributed by atoms with Crippen molar-refractivity contribution in [3.63, 3.8) is 0 Å². The Labute approximate surface area is 166 Å². The van der Waals surface area contributed by atoms with E-state index in [0.717, 1.165) is 25.7 Å². The van der Waals surface area contributed by atoms with Crippen LogP contribution in [0, 0.1) is 10.1 Å². The predicted molar refractivity (Wildman–Crippen MR) is 104 cm³/mol. The van der Waals surface area contributed by atoms with Gasteiger partial charge in [0.05, 0.1) is 16.5 Å². The molecule has 1 aromatic carbocycles. The molecule has 0 bridgehead atoms. The number of carbonyl (C=O) groups is 2. The molecule has 1 unspecified atom stereocenters. The molecule has 8 nitrogen and oxygen atoms in total. The summed E-state index contributed by atoms with van der Waals surface area (Å²) in [5, 5.41) is 22.0. The van der Waals surface area contributed by atoms with E-state index in [1.54, 1.807) is 29.4 Å². The fraction of sp³-hybridized carbons (Fsp3) is 0.286. The van der Waals surface area contributed by atoms with Crippen molar-refractivity contribution in [2.75, 3.05) is 0 Å². The Kier molecular flexibility index (Phi) is 4.84. The van der Waals surface area contributed by atoms with E-state index in [9.17, 15) is 24.8 Å². The lowest BCUT2D eigenvalue weighted by atomic mass is 9.95. The molecule has 1 N–H and O–H groups in total. The average molecular weight is 393 g/mol. The van der Waals surface area contributed by atoms with E-state index in [1.165, 1.54) is 24.3 Å². The largest absolute Gasteiger partial charge is 0.507 e. The van der Waals surface area contributed by atoms with Gasteiger partial charge in [-0.15, -0.1) is 0 Å². The number of Topliss-reactive ketones (excluding diaryl/α,β-unsaturated/α-hetero) is 1. The molecule has 1 atom stereocenters. The topological polar surface area (TPSA) is 114 Å². The van der Waals surface area contributed by atoms with Gasteiger partial charge in [-0.05, 0) is 30.5 Å². The van der Waals surface area contributed by atoms with Crippen LogP contribution in [0.5, 0.6) is 0 Å². The molecule has 1 amide bonds. The molecule has 2 fully saturated rings. The van der Waals surface area contributed by atoms with Crippen LogP contribution in [-0.4, -0.2) is 37.6 Å². The van der Waals surface area contributed by atoms with Gasteiger partial charge in [-0.1, -0.05) is 25.0 Å². The number of pyridine rings is 1. The zero-order chi connectivity index (χ0) is 20.5. The molecule has 29 heavy (non-hydrogen) atoms. The number of aliphatic hydroxyl groups is 1. The first kappa shape index (κ1) is 18.8. The highest BCUT2D eigenvalue weighted by Gasteiger charge is 2.49. The SMILES string of the molecule is O=C1C(=O)N(C2CCCC2)C(c2ccncc2)/C1=C(/O)c1cccc([N+](=O)[O-])c1. The highest BCUT2D eigenvalue weighted by Crippen LogP contribution is 2.43. The summed E-state index contributed by atoms with van der Waals surface area (Å²) >= 11 is 0. The van der Waals surface area contributed by atoms with E-state index in [0.29, 0.717) is 5.56 Å². The summed E-state index contributed by atoms with van der Waals surface area (Å²) < 4.78 is 0. The molecule has 4 rings (SSSR count). The number of likely N-dealkylation sites (tertiary alicyclic amines) is 1. The van der Waals surface area contributed by atoms with E-state index in [1.807, 2.05) is 0 Å². The molecule has 1 saturated carbocycles. The third-order valence-electron chi connectivity index (χ3n) is 5.55. The first-order chi connectivity index (χ1) is 14.0. The van der Waals surface area contributed by atoms with E-state index < -0.39 is 28.4 Å². The maximum Gasteiger partial charge on any atom is 0.295 e. The second-order valence-electron chi connectivity index (χ2n) is 7.23. The lowest BCUT2D eigenvalue weighted by Gasteiger charge is -2.30. The average Bonchev–Trinajstić information content (AvgIpc) is 3.35. The number of nitro groups is 1. The van der Waals surface area contributed by atoms with Gasteiger partial charge in [0.1, 0.15) is 5.76 Å². The monoisotopic (exact) mass is 393 g/mol. The standard InChI is InChI=1S/C21H19N3O5/c25-19(14-4-3-7-16(12-14)24(28)29)17-18(13-8-10-22-11-9-13)23(21(27)20(17)26)15-5-1-2-6-15/h3-4,7-12,15,18,25H,1-2,5-6H2/b19-17-. The van der Waals surface area contributed by atoms with Gasteiger partial charge in [0.2, 0.25) is 0 Å². The van der Waals surface area contributed by atoms with Crippen LogP contribution >= 0.6 is 0 Å². The first-order valence-electron chi connectivity index (χ1n) is 9.44. The molecule has 1 aromatic heterocycles. The van der Waals surface area contributed by atoms with E-state index >= 15 is 0 Å². The lowest BCUT2D eigenvalue weighted by Crippen LogP contribution is -2.37. The molecule has 1 aliphatic heterocycles. The molecule has 2 aliphatic rings. The number of rotatable bonds is 4. The summed E-state index contributed by atoms with van der Waals surface area (Å²) in [6.07, 6.45) is 6.68. The van der Waals surface area contributed by atoms with Crippen molar-refractivity contribution in [2.45, 2.75) is 37.8 Å². The van der Waals surface area contributed by atoms with Crippen molar-refractivity contribution >= 4 is 23.1 Å². The second kappa shape index (κ2) is 7.46. The van der Waals surface area contributed by atoms with Crippen molar-refractivity contribution in [3.8, 4) is 0 Å². The van der Waals surface area contributed by atoms with Gasteiger partial charge in [-0.2, -0.15) is 0 Å². The number of hydrogen-bond acceptors (Lipinski definition) is 6. The highest BCUT2D eigenvalue weighted by molar-refractivity contribution is 6.46. The van der Waals surface area contributed by atoms with E-state index in [4.69, 9.17) is 0 Å². The Morgan fingerprint density at radius 1 is 1.14 bits per heavy atom. The number of carbonyl (C=O) groups excluding carboxylic acids is 2. The Hall–Kier alpha value is -3.55. The van der Waals surface area contributed by atoms with Crippen molar-refractivity contribution in [1.82, 2.24) is 9.88 Å². The van der Waals surface area contributed by atoms with E-state index in [-0.39, 0.29) is 22.9 Å². The zero-order valence-electron chi connectivity index (χ0n) is 15.5. The maximum atomic E-state index is 12.9. The molecule has 148 valence electrons. The van der Waals surface area contributed by atoms with Crippen molar-refractivity contribution in [3.05, 3.63) is 75.6 Å². The fourth-order valence-corrected chi connectivity index (χ4v) is 4.20. The van der Waals surface area contributed by atoms with Gasteiger partial charge in [0, 0.05) is 36.1 Å². The van der Waals surface area contributed by atoms with Crippen LogP contribution in [0.25, 0.3) is 5.76 Å². The molecule has 8 heteroatoms. The molecule has 0 spiro atoms. The van der Waals surface area contributed by atoms with Gasteiger partial charge >= 0.3 is 0 Å². The minimum atomic E-state index is -0.775. The number of ketones is 1. The normalized spacial score (nSPS) is 21.7. The quantitative estimate of drug-likeness (QED) is 0.280. The molecular formula is C21H19N3O5. The van der Waals surface area contributed by atoms with Crippen molar-refractivity contribution in [1.29, 1.82) is 0 Å². The lowest BCUT2D eigenvalue weighted by molar-refractivity contribution is -0.384. The van der Waals surface area contributed by atoms with Crippen LogP contribution in [0.2, 0.25) is 0 Å².